The molecule has 1 fully saturated rings. The highest BCUT2D eigenvalue weighted by Crippen LogP contribution is 2.31. The van der Waals surface area contributed by atoms with Gasteiger partial charge in [0, 0.05) is 12.5 Å². The lowest BCUT2D eigenvalue weighted by molar-refractivity contribution is 0.100. The number of piperidine rings is 1. The molecule has 126 valence electrons. The van der Waals surface area contributed by atoms with Gasteiger partial charge in [-0.15, -0.1) is 0 Å². The van der Waals surface area contributed by atoms with Gasteiger partial charge in [-0.1, -0.05) is 41.9 Å². The summed E-state index contributed by atoms with van der Waals surface area (Å²) in [4.78, 5) is 11.2. The molecule has 2 aromatic rings. The first-order valence-electron chi connectivity index (χ1n) is 8.13. The van der Waals surface area contributed by atoms with Crippen LogP contribution < -0.4 is 15.8 Å². The molecule has 1 amide bonds. The Labute approximate surface area is 147 Å². The summed E-state index contributed by atoms with van der Waals surface area (Å²) in [5.74, 6) is 0.984. The van der Waals surface area contributed by atoms with Gasteiger partial charge in [0.15, 0.2) is 0 Å². The Bertz CT molecular complexity index is 706. The zero-order chi connectivity index (χ0) is 16.9. The highest BCUT2D eigenvalue weighted by Gasteiger charge is 2.26. The molecule has 0 radical (unpaired) electrons. The van der Waals surface area contributed by atoms with E-state index in [-0.39, 0.29) is 0 Å². The van der Waals surface area contributed by atoms with E-state index in [9.17, 15) is 4.79 Å². The van der Waals surface area contributed by atoms with E-state index in [1.54, 1.807) is 18.2 Å². The first kappa shape index (κ1) is 16.8. The molecular weight excluding hydrogens is 324 g/mol. The third-order valence-electron chi connectivity index (χ3n) is 4.51. The van der Waals surface area contributed by atoms with Crippen molar-refractivity contribution in [1.29, 1.82) is 0 Å². The minimum Gasteiger partial charge on any atom is -0.493 e. The second-order valence-corrected chi connectivity index (χ2v) is 6.49. The van der Waals surface area contributed by atoms with Crippen LogP contribution in [0.2, 0.25) is 5.02 Å². The van der Waals surface area contributed by atoms with Crippen LogP contribution >= 0.6 is 11.6 Å². The van der Waals surface area contributed by atoms with E-state index in [1.165, 1.54) is 5.56 Å². The van der Waals surface area contributed by atoms with Crippen LogP contribution in [0.25, 0.3) is 0 Å². The maximum absolute atomic E-state index is 11.2. The molecule has 1 aliphatic rings. The fraction of sp³-hybridized carbons (Fsp3) is 0.316. The molecule has 24 heavy (non-hydrogen) atoms. The van der Waals surface area contributed by atoms with Gasteiger partial charge in [-0.2, -0.15) is 0 Å². The van der Waals surface area contributed by atoms with Crippen molar-refractivity contribution >= 4 is 17.5 Å². The summed E-state index contributed by atoms with van der Waals surface area (Å²) in [6.45, 7) is 2.54. The number of ether oxygens (including phenoxy) is 1. The standard InChI is InChI=1S/C19H21ClN2O2/c20-18-10-15(6-7-17(18)19(21)23)24-12-14-11-22-9-8-16(14)13-4-2-1-3-5-13/h1-7,10,14,16,22H,8-9,11-12H2,(H2,21,23). The van der Waals surface area contributed by atoms with E-state index in [1.807, 2.05) is 6.07 Å². The number of rotatable bonds is 5. The Morgan fingerprint density at radius 3 is 2.75 bits per heavy atom. The Kier molecular flexibility index (Phi) is 5.38. The Balaban J connectivity index is 1.68. The van der Waals surface area contributed by atoms with Gasteiger partial charge in [0.05, 0.1) is 17.2 Å². The molecule has 2 atom stereocenters. The molecule has 0 saturated carbocycles. The number of carbonyl (C=O) groups excluding carboxylic acids is 1. The van der Waals surface area contributed by atoms with E-state index >= 15 is 0 Å². The van der Waals surface area contributed by atoms with Crippen molar-refractivity contribution in [2.24, 2.45) is 11.7 Å². The van der Waals surface area contributed by atoms with Gasteiger partial charge < -0.3 is 15.8 Å². The lowest BCUT2D eigenvalue weighted by Crippen LogP contribution is -2.38. The Hall–Kier alpha value is -2.04. The summed E-state index contributed by atoms with van der Waals surface area (Å²) in [5, 5.41) is 3.76. The number of primary amides is 1. The minimum atomic E-state index is -0.535. The summed E-state index contributed by atoms with van der Waals surface area (Å²) in [5.41, 5.74) is 6.93. The summed E-state index contributed by atoms with van der Waals surface area (Å²) in [7, 11) is 0. The number of carbonyl (C=O) groups is 1. The molecule has 2 unspecified atom stereocenters. The molecule has 1 saturated heterocycles. The number of benzene rings is 2. The summed E-state index contributed by atoms with van der Waals surface area (Å²) < 4.78 is 5.94. The largest absolute Gasteiger partial charge is 0.493 e. The molecule has 5 heteroatoms. The summed E-state index contributed by atoms with van der Waals surface area (Å²) >= 11 is 6.08. The van der Waals surface area contributed by atoms with Gasteiger partial charge >= 0.3 is 0 Å². The van der Waals surface area contributed by atoms with Crippen LogP contribution in [0.1, 0.15) is 28.3 Å². The zero-order valence-corrected chi connectivity index (χ0v) is 14.1. The van der Waals surface area contributed by atoms with Crippen LogP contribution in [0.15, 0.2) is 48.5 Å². The molecule has 3 N–H and O–H groups in total. The first-order valence-corrected chi connectivity index (χ1v) is 8.51. The van der Waals surface area contributed by atoms with Crippen LogP contribution in [-0.2, 0) is 0 Å². The topological polar surface area (TPSA) is 64.4 Å². The lowest BCUT2D eigenvalue weighted by atomic mass is 9.81. The summed E-state index contributed by atoms with van der Waals surface area (Å²) in [6, 6.07) is 15.6. The monoisotopic (exact) mass is 344 g/mol. The number of nitrogens with two attached hydrogens (primary N) is 1. The average Bonchev–Trinajstić information content (AvgIpc) is 2.61. The highest BCUT2D eigenvalue weighted by atomic mass is 35.5. The number of hydrogen-bond donors (Lipinski definition) is 2. The highest BCUT2D eigenvalue weighted by molar-refractivity contribution is 6.33. The first-order chi connectivity index (χ1) is 11.6. The number of halogens is 1. The number of nitrogens with one attached hydrogen (secondary N) is 1. The van der Waals surface area contributed by atoms with Gasteiger partial charge in [-0.25, -0.2) is 0 Å². The third kappa shape index (κ3) is 3.89. The molecule has 0 aliphatic carbocycles. The fourth-order valence-electron chi connectivity index (χ4n) is 3.23. The van der Waals surface area contributed by atoms with E-state index < -0.39 is 5.91 Å². The van der Waals surface area contributed by atoms with Crippen LogP contribution in [0.5, 0.6) is 5.75 Å². The van der Waals surface area contributed by atoms with E-state index in [2.05, 4.69) is 29.6 Å². The number of hydrogen-bond acceptors (Lipinski definition) is 3. The van der Waals surface area contributed by atoms with Crippen LogP contribution in [0.4, 0.5) is 0 Å². The molecule has 0 aromatic heterocycles. The van der Waals surface area contributed by atoms with Gasteiger partial charge in [0.25, 0.3) is 0 Å². The maximum Gasteiger partial charge on any atom is 0.250 e. The van der Waals surface area contributed by atoms with E-state index in [0.717, 1.165) is 19.5 Å². The van der Waals surface area contributed by atoms with Gasteiger partial charge in [-0.3, -0.25) is 4.79 Å². The van der Waals surface area contributed by atoms with Crippen LogP contribution in [-0.4, -0.2) is 25.6 Å². The minimum absolute atomic E-state index is 0.311. The van der Waals surface area contributed by atoms with Crippen molar-refractivity contribution in [3.63, 3.8) is 0 Å². The quantitative estimate of drug-likeness (QED) is 0.875. The van der Waals surface area contributed by atoms with Gasteiger partial charge in [0.1, 0.15) is 5.75 Å². The summed E-state index contributed by atoms with van der Waals surface area (Å²) in [6.07, 6.45) is 1.10. The SMILES string of the molecule is NC(=O)c1ccc(OCC2CNCCC2c2ccccc2)cc1Cl. The van der Waals surface area contributed by atoms with E-state index in [4.69, 9.17) is 22.1 Å². The zero-order valence-electron chi connectivity index (χ0n) is 13.4. The van der Waals surface area contributed by atoms with Crippen LogP contribution in [0, 0.1) is 5.92 Å². The second-order valence-electron chi connectivity index (χ2n) is 6.09. The van der Waals surface area contributed by atoms with Crippen molar-refractivity contribution in [2.45, 2.75) is 12.3 Å². The van der Waals surface area contributed by atoms with Gasteiger partial charge in [-0.05, 0) is 42.6 Å². The fourth-order valence-corrected chi connectivity index (χ4v) is 3.49. The predicted octanol–water partition coefficient (Wildman–Crippen LogP) is 3.21. The molecule has 4 nitrogen and oxygen atoms in total. The molecule has 2 aromatic carbocycles. The molecule has 0 spiro atoms. The van der Waals surface area contributed by atoms with Crippen molar-refractivity contribution in [2.75, 3.05) is 19.7 Å². The van der Waals surface area contributed by atoms with Crippen LogP contribution in [0.3, 0.4) is 0 Å². The van der Waals surface area contributed by atoms with Crippen molar-refractivity contribution < 1.29 is 9.53 Å². The van der Waals surface area contributed by atoms with Crippen molar-refractivity contribution in [1.82, 2.24) is 5.32 Å². The molecule has 1 heterocycles. The predicted molar refractivity (Wildman–Crippen MR) is 95.6 cm³/mol. The molecule has 1 aliphatic heterocycles. The molecule has 0 bridgehead atoms. The second kappa shape index (κ2) is 7.69. The van der Waals surface area contributed by atoms with Crippen molar-refractivity contribution in [3.05, 3.63) is 64.7 Å². The smallest absolute Gasteiger partial charge is 0.250 e. The van der Waals surface area contributed by atoms with Crippen molar-refractivity contribution in [3.8, 4) is 5.75 Å². The number of amides is 1. The average molecular weight is 345 g/mol. The normalized spacial score (nSPS) is 20.5. The molecule has 3 rings (SSSR count). The maximum atomic E-state index is 11.2. The Morgan fingerprint density at radius 1 is 1.25 bits per heavy atom. The Morgan fingerprint density at radius 2 is 2.04 bits per heavy atom. The molecular formula is C19H21ClN2O2. The lowest BCUT2D eigenvalue weighted by Gasteiger charge is -2.32. The van der Waals surface area contributed by atoms with E-state index in [0.29, 0.717) is 34.8 Å². The van der Waals surface area contributed by atoms with Gasteiger partial charge in [0.2, 0.25) is 5.91 Å². The third-order valence-corrected chi connectivity index (χ3v) is 4.82.